The lowest BCUT2D eigenvalue weighted by Gasteiger charge is -2.19. The zero-order chi connectivity index (χ0) is 23.9. The highest BCUT2D eigenvalue weighted by molar-refractivity contribution is 5.93. The van der Waals surface area contributed by atoms with Crippen LogP contribution in [0.1, 0.15) is 45.7 Å². The molecule has 0 saturated heterocycles. The van der Waals surface area contributed by atoms with Crippen LogP contribution in [0.15, 0.2) is 42.5 Å². The number of aliphatic carboxylic acids is 1. The summed E-state index contributed by atoms with van der Waals surface area (Å²) in [7, 11) is 1.50. The third-order valence-corrected chi connectivity index (χ3v) is 4.76. The standard InChI is InChI=1S/C25H33NO6/c1-16(2)32-22(24(28)29)14-17-7-12-21(30-6)20(13-17)26-23(27)15-31-19-10-8-18(9-11-19)25(3,4)5/h7-13,16,22H,14-15H2,1-6H3,(H,26,27)(H,28,29). The molecular formula is C25H33NO6. The molecule has 0 fully saturated rings. The molecule has 174 valence electrons. The topological polar surface area (TPSA) is 94.1 Å². The molecular weight excluding hydrogens is 410 g/mol. The Bertz CT molecular complexity index is 915. The van der Waals surface area contributed by atoms with Gasteiger partial charge >= 0.3 is 5.97 Å². The van der Waals surface area contributed by atoms with E-state index < -0.39 is 12.1 Å². The number of amides is 1. The van der Waals surface area contributed by atoms with E-state index in [9.17, 15) is 14.7 Å². The molecule has 0 saturated carbocycles. The number of carbonyl (C=O) groups is 2. The molecule has 1 unspecified atom stereocenters. The van der Waals surface area contributed by atoms with Crippen molar-refractivity contribution in [3.05, 3.63) is 53.6 Å². The molecule has 7 heteroatoms. The number of hydrogen-bond donors (Lipinski definition) is 2. The van der Waals surface area contributed by atoms with Gasteiger partial charge in [-0.1, -0.05) is 39.0 Å². The fourth-order valence-corrected chi connectivity index (χ4v) is 3.10. The fraction of sp³-hybridized carbons (Fsp3) is 0.440. The summed E-state index contributed by atoms with van der Waals surface area (Å²) in [6, 6.07) is 12.8. The van der Waals surface area contributed by atoms with E-state index in [1.165, 1.54) is 12.7 Å². The van der Waals surface area contributed by atoms with Crippen LogP contribution in [-0.2, 0) is 26.2 Å². The fourth-order valence-electron chi connectivity index (χ4n) is 3.10. The number of carboxylic acid groups (broad SMARTS) is 1. The Labute approximate surface area is 189 Å². The zero-order valence-corrected chi connectivity index (χ0v) is 19.6. The summed E-state index contributed by atoms with van der Waals surface area (Å²) in [6.45, 7) is 9.79. The minimum absolute atomic E-state index is 0.0390. The molecule has 32 heavy (non-hydrogen) atoms. The van der Waals surface area contributed by atoms with E-state index in [1.807, 2.05) is 24.3 Å². The minimum atomic E-state index is -1.04. The molecule has 2 N–H and O–H groups in total. The third kappa shape index (κ3) is 7.57. The van der Waals surface area contributed by atoms with Crippen molar-refractivity contribution in [2.75, 3.05) is 19.0 Å². The molecule has 0 aliphatic rings. The molecule has 7 nitrogen and oxygen atoms in total. The number of anilines is 1. The van der Waals surface area contributed by atoms with Crippen LogP contribution in [-0.4, -0.2) is 42.9 Å². The van der Waals surface area contributed by atoms with Gasteiger partial charge in [-0.05, 0) is 54.7 Å². The van der Waals surface area contributed by atoms with Crippen LogP contribution in [0.3, 0.4) is 0 Å². The highest BCUT2D eigenvalue weighted by Crippen LogP contribution is 2.27. The third-order valence-electron chi connectivity index (χ3n) is 4.76. The lowest BCUT2D eigenvalue weighted by Crippen LogP contribution is -2.29. The second kappa shape index (κ2) is 11.0. The molecule has 0 heterocycles. The van der Waals surface area contributed by atoms with Crippen molar-refractivity contribution in [3.8, 4) is 11.5 Å². The van der Waals surface area contributed by atoms with Crippen molar-refractivity contribution in [1.82, 2.24) is 0 Å². The monoisotopic (exact) mass is 443 g/mol. The number of hydrogen-bond acceptors (Lipinski definition) is 5. The average Bonchev–Trinajstić information content (AvgIpc) is 2.71. The smallest absolute Gasteiger partial charge is 0.333 e. The largest absolute Gasteiger partial charge is 0.495 e. The summed E-state index contributed by atoms with van der Waals surface area (Å²) < 4.78 is 16.4. The Kier molecular flexibility index (Phi) is 8.66. The Balaban J connectivity index is 2.04. The van der Waals surface area contributed by atoms with Crippen molar-refractivity contribution in [2.45, 2.75) is 58.7 Å². The Morgan fingerprint density at radius 3 is 2.25 bits per heavy atom. The quantitative estimate of drug-likeness (QED) is 0.564. The van der Waals surface area contributed by atoms with Gasteiger partial charge in [0.2, 0.25) is 0 Å². The maximum Gasteiger partial charge on any atom is 0.333 e. The molecule has 0 aliphatic heterocycles. The molecule has 2 aromatic rings. The number of ether oxygens (including phenoxy) is 3. The van der Waals surface area contributed by atoms with Crippen LogP contribution in [0.4, 0.5) is 5.69 Å². The number of carboxylic acids is 1. The minimum Gasteiger partial charge on any atom is -0.495 e. The van der Waals surface area contributed by atoms with Gasteiger partial charge in [0.1, 0.15) is 11.5 Å². The molecule has 0 aromatic heterocycles. The predicted molar refractivity (Wildman–Crippen MR) is 124 cm³/mol. The van der Waals surface area contributed by atoms with Crippen molar-refractivity contribution < 1.29 is 28.9 Å². The van der Waals surface area contributed by atoms with Gasteiger partial charge in [0.25, 0.3) is 5.91 Å². The lowest BCUT2D eigenvalue weighted by atomic mass is 9.87. The van der Waals surface area contributed by atoms with Crippen LogP contribution >= 0.6 is 0 Å². The van der Waals surface area contributed by atoms with Crippen molar-refractivity contribution in [2.24, 2.45) is 0 Å². The second-order valence-electron chi connectivity index (χ2n) is 8.86. The van der Waals surface area contributed by atoms with E-state index in [2.05, 4.69) is 26.1 Å². The summed E-state index contributed by atoms with van der Waals surface area (Å²) >= 11 is 0. The summed E-state index contributed by atoms with van der Waals surface area (Å²) in [4.78, 5) is 23.9. The number of methoxy groups -OCH3 is 1. The van der Waals surface area contributed by atoms with Crippen molar-refractivity contribution >= 4 is 17.6 Å². The van der Waals surface area contributed by atoms with E-state index in [0.29, 0.717) is 22.7 Å². The van der Waals surface area contributed by atoms with Crippen molar-refractivity contribution in [1.29, 1.82) is 0 Å². The summed E-state index contributed by atoms with van der Waals surface area (Å²) in [5.41, 5.74) is 2.36. The maximum atomic E-state index is 12.5. The highest BCUT2D eigenvalue weighted by atomic mass is 16.5. The second-order valence-corrected chi connectivity index (χ2v) is 8.86. The van der Waals surface area contributed by atoms with E-state index >= 15 is 0 Å². The molecule has 2 aromatic carbocycles. The van der Waals surface area contributed by atoms with Crippen LogP contribution in [0.25, 0.3) is 0 Å². The Morgan fingerprint density at radius 2 is 1.72 bits per heavy atom. The first-order valence-corrected chi connectivity index (χ1v) is 10.6. The number of benzene rings is 2. The van der Waals surface area contributed by atoms with Gasteiger partial charge in [-0.3, -0.25) is 4.79 Å². The zero-order valence-electron chi connectivity index (χ0n) is 19.6. The highest BCUT2D eigenvalue weighted by Gasteiger charge is 2.21. The molecule has 0 aliphatic carbocycles. The lowest BCUT2D eigenvalue weighted by molar-refractivity contribution is -0.153. The first-order valence-electron chi connectivity index (χ1n) is 10.6. The normalized spacial score (nSPS) is 12.3. The van der Waals surface area contributed by atoms with Gasteiger partial charge in [0, 0.05) is 6.42 Å². The Morgan fingerprint density at radius 1 is 1.06 bits per heavy atom. The SMILES string of the molecule is COc1ccc(CC(OC(C)C)C(=O)O)cc1NC(=O)COc1ccc(C(C)(C)C)cc1. The molecule has 0 bridgehead atoms. The maximum absolute atomic E-state index is 12.5. The molecule has 1 amide bonds. The number of rotatable bonds is 10. The Hall–Kier alpha value is -3.06. The molecule has 2 rings (SSSR count). The van der Waals surface area contributed by atoms with E-state index in [-0.39, 0.29) is 30.5 Å². The van der Waals surface area contributed by atoms with Gasteiger partial charge in [-0.15, -0.1) is 0 Å². The summed E-state index contributed by atoms with van der Waals surface area (Å²) in [6.07, 6.45) is -1.04. The van der Waals surface area contributed by atoms with Crippen LogP contribution in [0.2, 0.25) is 0 Å². The van der Waals surface area contributed by atoms with Crippen molar-refractivity contribution in [3.63, 3.8) is 0 Å². The molecule has 1 atom stereocenters. The molecule has 0 spiro atoms. The summed E-state index contributed by atoms with van der Waals surface area (Å²) in [5.74, 6) is -0.322. The van der Waals surface area contributed by atoms with E-state index in [4.69, 9.17) is 14.2 Å². The van der Waals surface area contributed by atoms with Crippen LogP contribution < -0.4 is 14.8 Å². The van der Waals surface area contributed by atoms with Gasteiger partial charge in [-0.25, -0.2) is 4.79 Å². The first-order chi connectivity index (χ1) is 15.0. The van der Waals surface area contributed by atoms with Gasteiger partial charge in [0.15, 0.2) is 12.7 Å². The average molecular weight is 444 g/mol. The van der Waals surface area contributed by atoms with Crippen LogP contribution in [0.5, 0.6) is 11.5 Å². The van der Waals surface area contributed by atoms with Gasteiger partial charge in [-0.2, -0.15) is 0 Å². The number of carbonyl (C=O) groups excluding carboxylic acids is 1. The van der Waals surface area contributed by atoms with Gasteiger partial charge < -0.3 is 24.6 Å². The molecule has 0 radical (unpaired) electrons. The summed E-state index contributed by atoms with van der Waals surface area (Å²) in [5, 5.41) is 12.2. The van der Waals surface area contributed by atoms with E-state index in [0.717, 1.165) is 0 Å². The van der Waals surface area contributed by atoms with Crippen LogP contribution in [0, 0.1) is 0 Å². The first kappa shape index (κ1) is 25.2. The predicted octanol–water partition coefficient (Wildman–Crippen LogP) is 4.43. The van der Waals surface area contributed by atoms with E-state index in [1.54, 1.807) is 32.0 Å². The van der Waals surface area contributed by atoms with Gasteiger partial charge in [0.05, 0.1) is 18.9 Å². The number of nitrogens with one attached hydrogen (secondary N) is 1.